The maximum atomic E-state index is 12.4. The molecule has 0 saturated carbocycles. The summed E-state index contributed by atoms with van der Waals surface area (Å²) in [5, 5.41) is 0. The second kappa shape index (κ2) is 8.64. The third-order valence-electron chi connectivity index (χ3n) is 7.00. The quantitative estimate of drug-likeness (QED) is 0.712. The summed E-state index contributed by atoms with van der Waals surface area (Å²) in [7, 11) is 0. The zero-order valence-corrected chi connectivity index (χ0v) is 16.9. The Bertz CT molecular complexity index is 495. The van der Waals surface area contributed by atoms with Crippen molar-refractivity contribution in [2.24, 2.45) is 0 Å². The summed E-state index contributed by atoms with van der Waals surface area (Å²) >= 11 is 0. The minimum atomic E-state index is -0.246. The lowest BCUT2D eigenvalue weighted by Crippen LogP contribution is -2.52. The number of piperazine rings is 1. The molecule has 1 atom stereocenters. The smallest absolute Gasteiger partial charge is 0.410 e. The van der Waals surface area contributed by atoms with E-state index in [4.69, 9.17) is 9.47 Å². The Labute approximate surface area is 163 Å². The summed E-state index contributed by atoms with van der Waals surface area (Å²) in [6.45, 7) is 14.2. The van der Waals surface area contributed by atoms with Gasteiger partial charge in [-0.25, -0.2) is 4.79 Å². The molecule has 0 aromatic heterocycles. The second-order valence-electron chi connectivity index (χ2n) is 8.66. The molecule has 0 aromatic rings. The SMILES string of the molecule is CCN1CCN(CCN2CC3(CCN([C@@H]4CCCOC4)CC3)OC2=O)CC1. The van der Waals surface area contributed by atoms with E-state index in [1.165, 1.54) is 12.8 Å². The molecule has 154 valence electrons. The topological polar surface area (TPSA) is 48.5 Å². The van der Waals surface area contributed by atoms with Gasteiger partial charge >= 0.3 is 6.09 Å². The highest BCUT2D eigenvalue weighted by molar-refractivity contribution is 5.70. The largest absolute Gasteiger partial charge is 0.441 e. The zero-order chi connectivity index (χ0) is 18.7. The fourth-order valence-corrected chi connectivity index (χ4v) is 5.02. The van der Waals surface area contributed by atoms with Crippen molar-refractivity contribution >= 4 is 6.09 Å². The molecular formula is C20H36N4O3. The molecule has 1 spiro atoms. The summed E-state index contributed by atoms with van der Waals surface area (Å²) in [6, 6.07) is 0.561. The van der Waals surface area contributed by atoms with Crippen LogP contribution in [-0.4, -0.2) is 116 Å². The Morgan fingerprint density at radius 2 is 1.78 bits per heavy atom. The first kappa shape index (κ1) is 19.4. The molecule has 4 heterocycles. The molecule has 4 aliphatic heterocycles. The maximum absolute atomic E-state index is 12.4. The van der Waals surface area contributed by atoms with Crippen molar-refractivity contribution < 1.29 is 14.3 Å². The van der Waals surface area contributed by atoms with Crippen LogP contribution in [0.4, 0.5) is 4.79 Å². The molecule has 0 N–H and O–H groups in total. The van der Waals surface area contributed by atoms with Gasteiger partial charge in [0.25, 0.3) is 0 Å². The van der Waals surface area contributed by atoms with Gasteiger partial charge in [-0.1, -0.05) is 6.92 Å². The van der Waals surface area contributed by atoms with Gasteiger partial charge in [0.1, 0.15) is 5.60 Å². The van der Waals surface area contributed by atoms with Crippen LogP contribution < -0.4 is 0 Å². The standard InChI is InChI=1S/C20H36N4O3/c1-2-21-9-11-22(12-10-21)13-14-24-17-20(27-19(24)25)5-7-23(8-6-20)18-4-3-15-26-16-18/h18H,2-17H2,1H3/t18-/m1/s1. The highest BCUT2D eigenvalue weighted by atomic mass is 16.6. The summed E-state index contributed by atoms with van der Waals surface area (Å²) in [6.07, 6.45) is 4.23. The molecule has 0 aliphatic carbocycles. The Morgan fingerprint density at radius 1 is 1.04 bits per heavy atom. The van der Waals surface area contributed by atoms with Gasteiger partial charge in [-0.15, -0.1) is 0 Å². The molecule has 1 amide bonds. The Balaban J connectivity index is 1.22. The van der Waals surface area contributed by atoms with Crippen LogP contribution in [0.5, 0.6) is 0 Å². The summed E-state index contributed by atoms with van der Waals surface area (Å²) < 4.78 is 11.6. The Hall–Kier alpha value is -0.890. The number of piperidine rings is 1. The van der Waals surface area contributed by atoms with Crippen molar-refractivity contribution in [3.8, 4) is 0 Å². The van der Waals surface area contributed by atoms with E-state index in [0.29, 0.717) is 6.04 Å². The summed E-state index contributed by atoms with van der Waals surface area (Å²) in [5.41, 5.74) is -0.246. The molecular weight excluding hydrogens is 344 g/mol. The number of rotatable bonds is 5. The molecule has 7 heteroatoms. The van der Waals surface area contributed by atoms with Gasteiger partial charge < -0.3 is 19.3 Å². The van der Waals surface area contributed by atoms with Gasteiger partial charge in [0, 0.05) is 77.8 Å². The molecule has 0 aromatic carbocycles. The average molecular weight is 381 g/mol. The number of likely N-dealkylation sites (N-methyl/N-ethyl adjacent to an activating group) is 1. The molecule has 4 fully saturated rings. The lowest BCUT2D eigenvalue weighted by Gasteiger charge is -2.42. The van der Waals surface area contributed by atoms with Gasteiger partial charge in [0.2, 0.25) is 0 Å². The van der Waals surface area contributed by atoms with E-state index >= 15 is 0 Å². The molecule has 4 rings (SSSR count). The fourth-order valence-electron chi connectivity index (χ4n) is 5.02. The predicted octanol–water partition coefficient (Wildman–Crippen LogP) is 1.09. The van der Waals surface area contributed by atoms with Crippen molar-refractivity contribution in [2.75, 3.05) is 78.7 Å². The number of hydrogen-bond acceptors (Lipinski definition) is 6. The van der Waals surface area contributed by atoms with Crippen LogP contribution in [-0.2, 0) is 9.47 Å². The number of nitrogens with zero attached hydrogens (tertiary/aromatic N) is 4. The summed E-state index contributed by atoms with van der Waals surface area (Å²) in [5.74, 6) is 0. The first-order chi connectivity index (χ1) is 13.2. The first-order valence-electron chi connectivity index (χ1n) is 10.9. The predicted molar refractivity (Wildman–Crippen MR) is 104 cm³/mol. The number of ether oxygens (including phenoxy) is 2. The van der Waals surface area contributed by atoms with Gasteiger partial charge in [0.15, 0.2) is 0 Å². The molecule has 4 aliphatic rings. The number of amides is 1. The molecule has 0 bridgehead atoms. The fraction of sp³-hybridized carbons (Fsp3) is 0.950. The minimum Gasteiger partial charge on any atom is -0.441 e. The van der Waals surface area contributed by atoms with Crippen LogP contribution in [0.25, 0.3) is 0 Å². The van der Waals surface area contributed by atoms with E-state index in [1.807, 2.05) is 4.90 Å². The van der Waals surface area contributed by atoms with E-state index in [0.717, 1.165) is 91.5 Å². The van der Waals surface area contributed by atoms with Gasteiger partial charge in [-0.3, -0.25) is 9.80 Å². The first-order valence-corrected chi connectivity index (χ1v) is 10.9. The van der Waals surface area contributed by atoms with Crippen molar-refractivity contribution in [3.05, 3.63) is 0 Å². The minimum absolute atomic E-state index is 0.100. The van der Waals surface area contributed by atoms with E-state index in [-0.39, 0.29) is 11.7 Å². The normalized spacial score (nSPS) is 30.8. The number of hydrogen-bond donors (Lipinski definition) is 0. The Morgan fingerprint density at radius 3 is 2.44 bits per heavy atom. The molecule has 27 heavy (non-hydrogen) atoms. The van der Waals surface area contributed by atoms with E-state index in [9.17, 15) is 4.79 Å². The van der Waals surface area contributed by atoms with Gasteiger partial charge in [-0.05, 0) is 19.4 Å². The van der Waals surface area contributed by atoms with Crippen LogP contribution in [0.15, 0.2) is 0 Å². The zero-order valence-electron chi connectivity index (χ0n) is 16.9. The Kier molecular flexibility index (Phi) is 6.21. The highest BCUT2D eigenvalue weighted by Gasteiger charge is 2.47. The highest BCUT2D eigenvalue weighted by Crippen LogP contribution is 2.34. The van der Waals surface area contributed by atoms with Crippen LogP contribution in [0.3, 0.4) is 0 Å². The third kappa shape index (κ3) is 4.58. The maximum Gasteiger partial charge on any atom is 0.410 e. The van der Waals surface area contributed by atoms with Crippen molar-refractivity contribution in [1.29, 1.82) is 0 Å². The molecule has 0 unspecified atom stereocenters. The van der Waals surface area contributed by atoms with E-state index < -0.39 is 0 Å². The van der Waals surface area contributed by atoms with Crippen LogP contribution in [0.2, 0.25) is 0 Å². The molecule has 0 radical (unpaired) electrons. The number of carbonyl (C=O) groups excluding carboxylic acids is 1. The number of likely N-dealkylation sites (tertiary alicyclic amines) is 1. The number of carbonyl (C=O) groups is 1. The monoisotopic (exact) mass is 380 g/mol. The van der Waals surface area contributed by atoms with Crippen LogP contribution in [0, 0.1) is 0 Å². The van der Waals surface area contributed by atoms with Gasteiger partial charge in [-0.2, -0.15) is 0 Å². The lowest BCUT2D eigenvalue weighted by atomic mass is 9.90. The molecule has 7 nitrogen and oxygen atoms in total. The third-order valence-corrected chi connectivity index (χ3v) is 7.00. The van der Waals surface area contributed by atoms with Crippen molar-refractivity contribution in [2.45, 2.75) is 44.2 Å². The van der Waals surface area contributed by atoms with E-state index in [1.54, 1.807) is 0 Å². The van der Waals surface area contributed by atoms with E-state index in [2.05, 4.69) is 21.6 Å². The molecule has 4 saturated heterocycles. The lowest BCUT2D eigenvalue weighted by molar-refractivity contribution is -0.0389. The van der Waals surface area contributed by atoms with Crippen LogP contribution >= 0.6 is 0 Å². The van der Waals surface area contributed by atoms with Gasteiger partial charge in [0.05, 0.1) is 13.2 Å². The average Bonchev–Trinajstić information content (AvgIpc) is 3.03. The second-order valence-corrected chi connectivity index (χ2v) is 8.66. The van der Waals surface area contributed by atoms with Crippen molar-refractivity contribution in [3.63, 3.8) is 0 Å². The van der Waals surface area contributed by atoms with Crippen LogP contribution in [0.1, 0.15) is 32.6 Å². The summed E-state index contributed by atoms with van der Waals surface area (Å²) in [4.78, 5) is 21.9. The van der Waals surface area contributed by atoms with Crippen molar-refractivity contribution in [1.82, 2.24) is 19.6 Å².